The molecule has 12 heavy (non-hydrogen) atoms. The minimum atomic E-state index is -1.05. The summed E-state index contributed by atoms with van der Waals surface area (Å²) >= 11 is 0. The van der Waals surface area contributed by atoms with E-state index in [9.17, 15) is 14.4 Å². The van der Waals surface area contributed by atoms with Gasteiger partial charge in [0.1, 0.15) is 0 Å². The van der Waals surface area contributed by atoms with Gasteiger partial charge < -0.3 is 5.11 Å². The van der Waals surface area contributed by atoms with E-state index in [-0.39, 0.29) is 13.0 Å². The molecule has 0 aliphatic carbocycles. The Morgan fingerprint density at radius 1 is 1.58 bits per heavy atom. The Morgan fingerprint density at radius 2 is 2.25 bits per heavy atom. The van der Waals surface area contributed by atoms with Crippen LogP contribution in [0, 0.1) is 0 Å². The zero-order chi connectivity index (χ0) is 9.14. The van der Waals surface area contributed by atoms with Crippen LogP contribution in [0.1, 0.15) is 6.42 Å². The van der Waals surface area contributed by atoms with Crippen molar-refractivity contribution in [1.82, 2.24) is 4.90 Å². The van der Waals surface area contributed by atoms with Gasteiger partial charge in [-0.3, -0.25) is 14.5 Å². The number of hydrogen-bond acceptors (Lipinski definition) is 3. The van der Waals surface area contributed by atoms with Crippen molar-refractivity contribution in [3.05, 3.63) is 0 Å². The van der Waals surface area contributed by atoms with E-state index in [0.717, 1.165) is 11.1 Å². The van der Waals surface area contributed by atoms with Crippen molar-refractivity contribution in [2.24, 2.45) is 4.99 Å². The van der Waals surface area contributed by atoms with Gasteiger partial charge in [0.25, 0.3) is 5.91 Å². The van der Waals surface area contributed by atoms with Crippen molar-refractivity contribution >= 4 is 24.1 Å². The second-order valence-electron chi connectivity index (χ2n) is 2.17. The van der Waals surface area contributed by atoms with Crippen LogP contribution >= 0.6 is 0 Å². The number of aliphatic imine (C=N–C) groups is 1. The summed E-state index contributed by atoms with van der Waals surface area (Å²) in [6, 6.07) is -0.693. The number of carboxylic acids is 1. The number of rotatable bonds is 3. The van der Waals surface area contributed by atoms with Gasteiger partial charge in [0.15, 0.2) is 0 Å². The SMILES string of the molecule is O=C(O)CCN1C(=O)C=NC1=O. The Kier molecular flexibility index (Phi) is 2.18. The Bertz CT molecular complexity index is 253. The molecule has 1 rings (SSSR count). The van der Waals surface area contributed by atoms with E-state index < -0.39 is 17.9 Å². The summed E-state index contributed by atoms with van der Waals surface area (Å²) in [5.41, 5.74) is 0. The Morgan fingerprint density at radius 3 is 2.67 bits per heavy atom. The highest BCUT2D eigenvalue weighted by molar-refractivity contribution is 6.35. The van der Waals surface area contributed by atoms with E-state index in [4.69, 9.17) is 5.11 Å². The molecule has 1 heterocycles. The lowest BCUT2D eigenvalue weighted by Gasteiger charge is -2.08. The van der Waals surface area contributed by atoms with Gasteiger partial charge in [-0.2, -0.15) is 4.99 Å². The second kappa shape index (κ2) is 3.12. The van der Waals surface area contributed by atoms with Gasteiger partial charge in [-0.25, -0.2) is 4.79 Å². The average Bonchev–Trinajstić information content (AvgIpc) is 2.28. The number of urea groups is 1. The first-order chi connectivity index (χ1) is 5.61. The molecular formula is C6H6N2O4. The molecule has 0 radical (unpaired) electrons. The lowest BCUT2D eigenvalue weighted by molar-refractivity contribution is -0.137. The number of carbonyl (C=O) groups is 3. The van der Waals surface area contributed by atoms with E-state index in [1.165, 1.54) is 0 Å². The van der Waals surface area contributed by atoms with Crippen LogP contribution in [0.4, 0.5) is 4.79 Å². The molecule has 0 saturated carbocycles. The van der Waals surface area contributed by atoms with Crippen LogP contribution in [0.15, 0.2) is 4.99 Å². The van der Waals surface area contributed by atoms with Crippen LogP contribution < -0.4 is 0 Å². The van der Waals surface area contributed by atoms with Crippen molar-refractivity contribution in [3.63, 3.8) is 0 Å². The topological polar surface area (TPSA) is 87.0 Å². The van der Waals surface area contributed by atoms with E-state index >= 15 is 0 Å². The Balaban J connectivity index is 2.48. The molecule has 1 N–H and O–H groups in total. The number of carboxylic acid groups (broad SMARTS) is 1. The van der Waals surface area contributed by atoms with Gasteiger partial charge in [0, 0.05) is 6.54 Å². The molecule has 1 aliphatic heterocycles. The first kappa shape index (κ1) is 8.38. The van der Waals surface area contributed by atoms with Gasteiger partial charge in [-0.05, 0) is 0 Å². The minimum Gasteiger partial charge on any atom is -0.481 e. The molecule has 64 valence electrons. The fourth-order valence-corrected chi connectivity index (χ4v) is 0.757. The lowest BCUT2D eigenvalue weighted by atomic mass is 10.4. The maximum absolute atomic E-state index is 10.8. The average molecular weight is 170 g/mol. The number of carbonyl (C=O) groups excluding carboxylic acids is 2. The lowest BCUT2D eigenvalue weighted by Crippen LogP contribution is -2.32. The highest BCUT2D eigenvalue weighted by Crippen LogP contribution is 2.01. The molecule has 0 fully saturated rings. The third kappa shape index (κ3) is 1.66. The highest BCUT2D eigenvalue weighted by Gasteiger charge is 2.24. The third-order valence-corrected chi connectivity index (χ3v) is 1.33. The van der Waals surface area contributed by atoms with Gasteiger partial charge in [-0.15, -0.1) is 0 Å². The largest absolute Gasteiger partial charge is 0.481 e. The third-order valence-electron chi connectivity index (χ3n) is 1.33. The number of aliphatic carboxylic acids is 1. The summed E-state index contributed by atoms with van der Waals surface area (Å²) < 4.78 is 0. The smallest absolute Gasteiger partial charge is 0.350 e. The number of imide groups is 1. The van der Waals surface area contributed by atoms with Crippen molar-refractivity contribution in [3.8, 4) is 0 Å². The van der Waals surface area contributed by atoms with Crippen LogP contribution in [0.25, 0.3) is 0 Å². The fourth-order valence-electron chi connectivity index (χ4n) is 0.757. The maximum atomic E-state index is 10.8. The summed E-state index contributed by atoms with van der Waals surface area (Å²) in [5.74, 6) is -1.61. The van der Waals surface area contributed by atoms with Gasteiger partial charge in [-0.1, -0.05) is 0 Å². The summed E-state index contributed by atoms with van der Waals surface area (Å²) in [6.45, 7) is -0.118. The number of nitrogens with zero attached hydrogens (tertiary/aromatic N) is 2. The van der Waals surface area contributed by atoms with Crippen molar-refractivity contribution in [1.29, 1.82) is 0 Å². The van der Waals surface area contributed by atoms with Crippen molar-refractivity contribution in [2.45, 2.75) is 6.42 Å². The first-order valence-corrected chi connectivity index (χ1v) is 3.22. The van der Waals surface area contributed by atoms with Crippen LogP contribution in [-0.4, -0.2) is 40.7 Å². The van der Waals surface area contributed by atoms with E-state index in [1.54, 1.807) is 0 Å². The number of amides is 3. The van der Waals surface area contributed by atoms with Crippen LogP contribution in [-0.2, 0) is 9.59 Å². The zero-order valence-corrected chi connectivity index (χ0v) is 6.06. The summed E-state index contributed by atoms with van der Waals surface area (Å²) in [4.78, 5) is 35.5. The quantitative estimate of drug-likeness (QED) is 0.618. The van der Waals surface area contributed by atoms with Crippen LogP contribution in [0.2, 0.25) is 0 Å². The molecule has 0 aromatic rings. The van der Waals surface area contributed by atoms with Gasteiger partial charge in [0.05, 0.1) is 12.6 Å². The van der Waals surface area contributed by atoms with Gasteiger partial charge >= 0.3 is 12.0 Å². The predicted octanol–water partition coefficient (Wildman–Crippen LogP) is -0.506. The molecule has 0 bridgehead atoms. The maximum Gasteiger partial charge on any atom is 0.350 e. The molecule has 0 atom stereocenters. The minimum absolute atomic E-state index is 0.118. The van der Waals surface area contributed by atoms with E-state index in [0.29, 0.717) is 0 Å². The fraction of sp³-hybridized carbons (Fsp3) is 0.333. The molecule has 1 aliphatic rings. The Labute approximate surface area is 67.5 Å². The van der Waals surface area contributed by atoms with Crippen LogP contribution in [0.3, 0.4) is 0 Å². The van der Waals surface area contributed by atoms with Gasteiger partial charge in [0.2, 0.25) is 0 Å². The molecule has 0 spiro atoms. The van der Waals surface area contributed by atoms with E-state index in [2.05, 4.69) is 4.99 Å². The molecular weight excluding hydrogens is 164 g/mol. The molecule has 6 nitrogen and oxygen atoms in total. The van der Waals surface area contributed by atoms with E-state index in [1.807, 2.05) is 0 Å². The molecule has 6 heteroatoms. The predicted molar refractivity (Wildman–Crippen MR) is 37.9 cm³/mol. The molecule has 0 aromatic carbocycles. The molecule has 0 unspecified atom stereocenters. The summed E-state index contributed by atoms with van der Waals surface area (Å²) in [5, 5.41) is 8.26. The normalized spacial score (nSPS) is 15.8. The van der Waals surface area contributed by atoms with Crippen molar-refractivity contribution in [2.75, 3.05) is 6.54 Å². The number of hydrogen-bond donors (Lipinski definition) is 1. The molecule has 0 aromatic heterocycles. The second-order valence-corrected chi connectivity index (χ2v) is 2.17. The first-order valence-electron chi connectivity index (χ1n) is 3.22. The highest BCUT2D eigenvalue weighted by atomic mass is 16.4. The zero-order valence-electron chi connectivity index (χ0n) is 6.06. The van der Waals surface area contributed by atoms with Crippen LogP contribution in [0.5, 0.6) is 0 Å². The molecule has 0 saturated heterocycles. The summed E-state index contributed by atoms with van der Waals surface area (Å²) in [6.07, 6.45) is 0.630. The Hall–Kier alpha value is -1.72. The summed E-state index contributed by atoms with van der Waals surface area (Å²) in [7, 11) is 0. The monoisotopic (exact) mass is 170 g/mol. The van der Waals surface area contributed by atoms with Crippen molar-refractivity contribution < 1.29 is 19.5 Å². The standard InChI is InChI=1S/C6H6N2O4/c9-4-3-7-6(12)8(4)2-1-5(10)11/h3H,1-2H2,(H,10,11). The molecule has 3 amide bonds.